The van der Waals surface area contributed by atoms with Crippen LogP contribution in [-0.2, 0) is 5.41 Å². The number of nitriles is 1. The first-order chi connectivity index (χ1) is 28.9. The second kappa shape index (κ2) is 14.6. The summed E-state index contributed by atoms with van der Waals surface area (Å²) >= 11 is 0. The molecular weight excluding hydrogens is 719 g/mol. The average molecular weight is 756 g/mol. The minimum atomic E-state index is -0.244. The average Bonchev–Trinajstić information content (AvgIpc) is 3.54. The summed E-state index contributed by atoms with van der Waals surface area (Å²) in [4.78, 5) is 19.7. The van der Waals surface area contributed by atoms with Gasteiger partial charge in [0.1, 0.15) is 0 Å². The van der Waals surface area contributed by atoms with E-state index >= 15 is 0 Å². The molecule has 0 spiro atoms. The van der Waals surface area contributed by atoms with Gasteiger partial charge in [0.05, 0.1) is 17.3 Å². The van der Waals surface area contributed by atoms with Gasteiger partial charge in [-0.3, -0.25) is 4.98 Å². The van der Waals surface area contributed by atoms with E-state index in [-0.39, 0.29) is 5.41 Å². The number of aromatic nitrogens is 4. The Hall–Kier alpha value is -7.81. The van der Waals surface area contributed by atoms with Crippen LogP contribution in [0.25, 0.3) is 89.9 Å². The summed E-state index contributed by atoms with van der Waals surface area (Å²) in [5, 5.41) is 9.64. The number of hydrogen-bond donors (Lipinski definition) is 0. The zero-order valence-electron chi connectivity index (χ0n) is 32.6. The Bertz CT molecular complexity index is 3040. The van der Waals surface area contributed by atoms with Gasteiger partial charge in [-0.2, -0.15) is 5.26 Å². The third-order valence-corrected chi connectivity index (χ3v) is 11.4. The summed E-state index contributed by atoms with van der Waals surface area (Å²) in [6, 6.07) is 65.2. The Morgan fingerprint density at radius 3 is 1.41 bits per heavy atom. The summed E-state index contributed by atoms with van der Waals surface area (Å²) in [5.74, 6) is 1.86. The lowest BCUT2D eigenvalue weighted by molar-refractivity contribution is 0.660. The minimum Gasteiger partial charge on any atom is -0.256 e. The normalized spacial score (nSPS) is 12.4. The van der Waals surface area contributed by atoms with Gasteiger partial charge in [0.2, 0.25) is 0 Å². The molecule has 0 atom stereocenters. The zero-order chi connectivity index (χ0) is 39.9. The molecule has 0 amide bonds. The van der Waals surface area contributed by atoms with E-state index in [1.165, 1.54) is 22.3 Å². The Kier molecular flexibility index (Phi) is 8.81. The van der Waals surface area contributed by atoms with Crippen molar-refractivity contribution >= 4 is 0 Å². The van der Waals surface area contributed by atoms with Crippen molar-refractivity contribution in [2.75, 3.05) is 0 Å². The number of pyridine rings is 1. The number of nitrogens with zero attached hydrogens (tertiary/aromatic N) is 5. The van der Waals surface area contributed by atoms with E-state index in [1.54, 1.807) is 0 Å². The van der Waals surface area contributed by atoms with E-state index in [2.05, 4.69) is 141 Å². The molecule has 9 aromatic rings. The highest BCUT2D eigenvalue weighted by Gasteiger charge is 2.36. The van der Waals surface area contributed by atoms with Crippen molar-refractivity contribution in [1.29, 1.82) is 5.26 Å². The van der Waals surface area contributed by atoms with Crippen LogP contribution in [0.5, 0.6) is 0 Å². The molecule has 0 N–H and O–H groups in total. The van der Waals surface area contributed by atoms with Gasteiger partial charge in [-0.05, 0) is 104 Å². The van der Waals surface area contributed by atoms with E-state index < -0.39 is 0 Å². The maximum absolute atomic E-state index is 9.64. The van der Waals surface area contributed by atoms with Crippen LogP contribution in [0.3, 0.4) is 0 Å². The first kappa shape index (κ1) is 35.6. The molecule has 7 aromatic carbocycles. The second-order valence-corrected chi connectivity index (χ2v) is 15.5. The second-order valence-electron chi connectivity index (χ2n) is 15.5. The molecule has 0 saturated heterocycles. The van der Waals surface area contributed by atoms with Crippen molar-refractivity contribution in [3.05, 3.63) is 205 Å². The van der Waals surface area contributed by atoms with Gasteiger partial charge in [0.15, 0.2) is 17.5 Å². The summed E-state index contributed by atoms with van der Waals surface area (Å²) < 4.78 is 0. The molecule has 59 heavy (non-hydrogen) atoms. The fourth-order valence-corrected chi connectivity index (χ4v) is 8.23. The van der Waals surface area contributed by atoms with Crippen molar-refractivity contribution in [2.45, 2.75) is 19.3 Å². The van der Waals surface area contributed by atoms with E-state index in [1.807, 2.05) is 66.9 Å². The molecule has 278 valence electrons. The smallest absolute Gasteiger partial charge is 0.164 e. The minimum absolute atomic E-state index is 0.244. The van der Waals surface area contributed by atoms with E-state index in [9.17, 15) is 5.26 Å². The van der Waals surface area contributed by atoms with E-state index in [0.717, 1.165) is 61.3 Å². The topological polar surface area (TPSA) is 75.3 Å². The van der Waals surface area contributed by atoms with Crippen molar-refractivity contribution in [1.82, 2.24) is 19.9 Å². The van der Waals surface area contributed by atoms with Crippen LogP contribution in [0.4, 0.5) is 0 Å². The highest BCUT2D eigenvalue weighted by molar-refractivity contribution is 5.86. The Balaban J connectivity index is 1.03. The molecule has 1 aliphatic carbocycles. The van der Waals surface area contributed by atoms with Gasteiger partial charge in [-0.25, -0.2) is 15.0 Å². The quantitative estimate of drug-likeness (QED) is 0.162. The van der Waals surface area contributed by atoms with Crippen molar-refractivity contribution in [3.8, 4) is 96.0 Å². The van der Waals surface area contributed by atoms with Crippen LogP contribution in [0.1, 0.15) is 30.5 Å². The maximum atomic E-state index is 9.64. The predicted molar refractivity (Wildman–Crippen MR) is 238 cm³/mol. The van der Waals surface area contributed by atoms with Crippen molar-refractivity contribution < 1.29 is 0 Å². The first-order valence-electron chi connectivity index (χ1n) is 19.8. The highest BCUT2D eigenvalue weighted by atomic mass is 15.0. The van der Waals surface area contributed by atoms with Gasteiger partial charge in [0.25, 0.3) is 0 Å². The van der Waals surface area contributed by atoms with Crippen LogP contribution in [-0.4, -0.2) is 19.9 Å². The molecule has 5 heteroatoms. The molecule has 0 unspecified atom stereocenters. The molecular formula is C54H37N5. The highest BCUT2D eigenvalue weighted by Crippen LogP contribution is 2.50. The lowest BCUT2D eigenvalue weighted by Gasteiger charge is -2.22. The first-order valence-corrected chi connectivity index (χ1v) is 19.8. The monoisotopic (exact) mass is 755 g/mol. The number of hydrogen-bond acceptors (Lipinski definition) is 5. The van der Waals surface area contributed by atoms with E-state index in [0.29, 0.717) is 23.0 Å². The van der Waals surface area contributed by atoms with Gasteiger partial charge in [0, 0.05) is 33.9 Å². The third-order valence-electron chi connectivity index (χ3n) is 11.4. The van der Waals surface area contributed by atoms with Gasteiger partial charge in [-0.15, -0.1) is 0 Å². The third kappa shape index (κ3) is 6.67. The summed E-state index contributed by atoms with van der Waals surface area (Å²) in [6.45, 7) is 4.50. The molecule has 1 aliphatic rings. The fraction of sp³-hybridized carbons (Fsp3) is 0.0556. The Morgan fingerprint density at radius 1 is 0.390 bits per heavy atom. The summed E-state index contributed by atoms with van der Waals surface area (Å²) in [7, 11) is 0. The fourth-order valence-electron chi connectivity index (χ4n) is 8.23. The molecule has 2 heterocycles. The SMILES string of the molecule is CC1(C)c2cc(C#N)ccc2-c2ccc(-c3cc(-c4ccc(-c5nc(-c6ccccc6)nc(-c6ccc(-c7ccccc7)cc6)n5)cc4)cc(-c4ccccn4)c3)cc21. The molecule has 0 saturated carbocycles. The van der Waals surface area contributed by atoms with Gasteiger partial charge < -0.3 is 0 Å². The van der Waals surface area contributed by atoms with Gasteiger partial charge in [-0.1, -0.05) is 147 Å². The molecule has 0 aliphatic heterocycles. The van der Waals surface area contributed by atoms with Crippen LogP contribution >= 0.6 is 0 Å². The molecule has 2 aromatic heterocycles. The number of rotatable bonds is 7. The predicted octanol–water partition coefficient (Wildman–Crippen LogP) is 13.1. The number of benzene rings is 7. The standard InChI is InChI=1S/C54H37N5/c1-54(2)48-29-35(34-55)16-26-46(48)47-27-25-42(33-49(47)54)44-30-43(31-45(32-44)50-15-9-10-28-56-50)38-19-23-41(24-20-38)53-58-51(39-13-7-4-8-14-39)57-52(59-53)40-21-17-37(18-22-40)36-11-5-3-6-12-36/h3-33H,1-2H3. The van der Waals surface area contributed by atoms with Crippen molar-refractivity contribution in [2.24, 2.45) is 0 Å². The molecule has 10 rings (SSSR count). The van der Waals surface area contributed by atoms with Crippen LogP contribution < -0.4 is 0 Å². The van der Waals surface area contributed by atoms with Crippen molar-refractivity contribution in [3.63, 3.8) is 0 Å². The lowest BCUT2D eigenvalue weighted by Crippen LogP contribution is -2.15. The zero-order valence-corrected chi connectivity index (χ0v) is 32.6. The van der Waals surface area contributed by atoms with E-state index in [4.69, 9.17) is 19.9 Å². The van der Waals surface area contributed by atoms with Crippen LogP contribution in [0.15, 0.2) is 188 Å². The van der Waals surface area contributed by atoms with Gasteiger partial charge >= 0.3 is 0 Å². The number of fused-ring (bicyclic) bond motifs is 3. The molecule has 0 fully saturated rings. The molecule has 0 bridgehead atoms. The Labute approximate surface area is 344 Å². The molecule has 5 nitrogen and oxygen atoms in total. The molecule has 0 radical (unpaired) electrons. The summed E-state index contributed by atoms with van der Waals surface area (Å²) in [6.07, 6.45) is 1.84. The largest absolute Gasteiger partial charge is 0.256 e. The maximum Gasteiger partial charge on any atom is 0.164 e. The summed E-state index contributed by atoms with van der Waals surface area (Å²) in [5.41, 5.74) is 16.7. The lowest BCUT2D eigenvalue weighted by atomic mass is 9.81. The van der Waals surface area contributed by atoms with Crippen LogP contribution in [0.2, 0.25) is 0 Å². The Morgan fingerprint density at radius 2 is 0.831 bits per heavy atom. The van der Waals surface area contributed by atoms with Crippen LogP contribution in [0, 0.1) is 11.3 Å².